The number of anilines is 2. The molecule has 0 atom stereocenters. The van der Waals surface area contributed by atoms with Crippen LogP contribution < -0.4 is 10.2 Å². The zero-order valence-corrected chi connectivity index (χ0v) is 8.98. The molecule has 1 aromatic rings. The lowest BCUT2D eigenvalue weighted by Gasteiger charge is -2.31. The number of carbonyl (C=O) groups excluding carboxylic acids is 1. The van der Waals surface area contributed by atoms with Crippen molar-refractivity contribution in [2.75, 3.05) is 31.4 Å². The molecule has 1 N–H and O–H groups in total. The first kappa shape index (κ1) is 9.70. The summed E-state index contributed by atoms with van der Waals surface area (Å²) >= 11 is 0. The molecule has 2 amide bonds. The van der Waals surface area contributed by atoms with Gasteiger partial charge in [0.1, 0.15) is 5.82 Å². The summed E-state index contributed by atoms with van der Waals surface area (Å²) in [5, 5.41) is 2.85. The first-order chi connectivity index (χ1) is 7.13. The number of hydrogen-bond donors (Lipinski definition) is 1. The zero-order valence-electron chi connectivity index (χ0n) is 8.98. The largest absolute Gasteiger partial charge is 0.357 e. The van der Waals surface area contributed by atoms with Crippen molar-refractivity contribution in [1.29, 1.82) is 0 Å². The Morgan fingerprint density at radius 3 is 2.87 bits per heavy atom. The first-order valence-corrected chi connectivity index (χ1v) is 4.66. The highest BCUT2D eigenvalue weighted by molar-refractivity contribution is 5.93. The van der Waals surface area contributed by atoms with E-state index in [1.807, 2.05) is 0 Å². The van der Waals surface area contributed by atoms with Gasteiger partial charge in [0.2, 0.25) is 5.95 Å². The summed E-state index contributed by atoms with van der Waals surface area (Å²) < 4.78 is 0. The van der Waals surface area contributed by atoms with Crippen LogP contribution in [0.5, 0.6) is 0 Å². The van der Waals surface area contributed by atoms with Crippen LogP contribution in [0.15, 0.2) is 6.20 Å². The second-order valence-corrected chi connectivity index (χ2v) is 3.49. The van der Waals surface area contributed by atoms with E-state index in [1.165, 1.54) is 4.90 Å². The van der Waals surface area contributed by atoms with Crippen molar-refractivity contribution in [3.05, 3.63) is 11.8 Å². The average Bonchev–Trinajstić information content (AvgIpc) is 2.26. The number of fused-ring (bicyclic) bond motifs is 1. The van der Waals surface area contributed by atoms with Crippen molar-refractivity contribution in [1.82, 2.24) is 14.9 Å². The number of nitrogens with one attached hydrogen (secondary N) is 1. The van der Waals surface area contributed by atoms with Gasteiger partial charge in [-0.3, -0.25) is 4.90 Å². The second kappa shape index (κ2) is 3.38. The lowest BCUT2D eigenvalue weighted by molar-refractivity contribution is 0.211. The van der Waals surface area contributed by atoms with Gasteiger partial charge in [-0.25, -0.2) is 9.78 Å². The molecule has 0 fully saturated rings. The van der Waals surface area contributed by atoms with E-state index in [0.717, 1.165) is 5.56 Å². The zero-order chi connectivity index (χ0) is 11.0. The van der Waals surface area contributed by atoms with Crippen molar-refractivity contribution in [3.63, 3.8) is 0 Å². The maximum Gasteiger partial charge on any atom is 0.325 e. The van der Waals surface area contributed by atoms with E-state index in [-0.39, 0.29) is 6.03 Å². The summed E-state index contributed by atoms with van der Waals surface area (Å²) in [6.07, 6.45) is 1.74. The monoisotopic (exact) mass is 207 g/mol. The molecular weight excluding hydrogens is 194 g/mol. The molecule has 2 rings (SSSR count). The van der Waals surface area contributed by atoms with Crippen LogP contribution in [-0.2, 0) is 6.54 Å². The van der Waals surface area contributed by atoms with Gasteiger partial charge in [-0.05, 0) is 0 Å². The number of nitrogens with zero attached hydrogens (tertiary/aromatic N) is 4. The topological polar surface area (TPSA) is 61.4 Å². The van der Waals surface area contributed by atoms with Crippen LogP contribution in [0.25, 0.3) is 0 Å². The van der Waals surface area contributed by atoms with E-state index in [0.29, 0.717) is 18.3 Å². The number of aromatic nitrogens is 2. The van der Waals surface area contributed by atoms with Gasteiger partial charge in [-0.15, -0.1) is 0 Å². The number of amides is 2. The predicted octanol–water partition coefficient (Wildman–Crippen LogP) is 0.520. The fourth-order valence-corrected chi connectivity index (χ4v) is 1.59. The second-order valence-electron chi connectivity index (χ2n) is 3.49. The lowest BCUT2D eigenvalue weighted by Crippen LogP contribution is -2.43. The Kier molecular flexibility index (Phi) is 2.18. The smallest absolute Gasteiger partial charge is 0.325 e. The molecule has 15 heavy (non-hydrogen) atoms. The normalized spacial score (nSPS) is 15.3. The summed E-state index contributed by atoms with van der Waals surface area (Å²) in [5.41, 5.74) is 0.957. The van der Waals surface area contributed by atoms with Crippen LogP contribution in [0.1, 0.15) is 5.56 Å². The minimum Gasteiger partial charge on any atom is -0.357 e. The number of hydrogen-bond acceptors (Lipinski definition) is 4. The molecule has 0 spiro atoms. The summed E-state index contributed by atoms with van der Waals surface area (Å²) in [5.74, 6) is 1.20. The molecule has 1 aliphatic rings. The molecule has 0 aromatic carbocycles. The Balaban J connectivity index is 2.47. The number of rotatable bonds is 1. The van der Waals surface area contributed by atoms with Gasteiger partial charge in [-0.2, -0.15) is 4.98 Å². The van der Waals surface area contributed by atoms with Gasteiger partial charge in [0.15, 0.2) is 0 Å². The fraction of sp³-hybridized carbons (Fsp3) is 0.444. The van der Waals surface area contributed by atoms with Crippen LogP contribution in [0.2, 0.25) is 0 Å². The van der Waals surface area contributed by atoms with Crippen LogP contribution in [0.4, 0.5) is 16.6 Å². The Labute approximate surface area is 87.9 Å². The third-order valence-corrected chi connectivity index (χ3v) is 2.40. The van der Waals surface area contributed by atoms with Gasteiger partial charge in [0.05, 0.1) is 6.54 Å². The van der Waals surface area contributed by atoms with E-state index >= 15 is 0 Å². The lowest BCUT2D eigenvalue weighted by atomic mass is 10.2. The minimum atomic E-state index is -0.0525. The maximum atomic E-state index is 11.7. The van der Waals surface area contributed by atoms with Gasteiger partial charge < -0.3 is 10.2 Å². The standard InChI is InChI=1S/C9H13N5O/c1-10-8-11-4-6-5-13(2)9(15)14(3)7(6)12-8/h4H,5H2,1-3H3,(H,10,11,12). The molecule has 0 aliphatic carbocycles. The molecule has 0 radical (unpaired) electrons. The van der Waals surface area contributed by atoms with E-state index in [9.17, 15) is 4.79 Å². The van der Waals surface area contributed by atoms with Gasteiger partial charge >= 0.3 is 6.03 Å². The molecule has 0 bridgehead atoms. The highest BCUT2D eigenvalue weighted by Gasteiger charge is 2.26. The molecule has 80 valence electrons. The van der Waals surface area contributed by atoms with Crippen molar-refractivity contribution in [2.45, 2.75) is 6.54 Å². The first-order valence-electron chi connectivity index (χ1n) is 4.66. The quantitative estimate of drug-likeness (QED) is 0.729. The molecular formula is C9H13N5O. The summed E-state index contributed by atoms with van der Waals surface area (Å²) in [4.78, 5) is 23.2. The van der Waals surface area contributed by atoms with Crippen LogP contribution in [0.3, 0.4) is 0 Å². The van der Waals surface area contributed by atoms with Crippen molar-refractivity contribution >= 4 is 17.8 Å². The van der Waals surface area contributed by atoms with Crippen molar-refractivity contribution in [2.24, 2.45) is 0 Å². The summed E-state index contributed by atoms with van der Waals surface area (Å²) in [6.45, 7) is 0.558. The Hall–Kier alpha value is -1.85. The van der Waals surface area contributed by atoms with Crippen LogP contribution in [0, 0.1) is 0 Å². The Morgan fingerprint density at radius 2 is 2.20 bits per heavy atom. The van der Waals surface area contributed by atoms with Crippen molar-refractivity contribution in [3.8, 4) is 0 Å². The maximum absolute atomic E-state index is 11.7. The molecule has 6 heteroatoms. The number of urea groups is 1. The molecule has 1 aliphatic heterocycles. The molecule has 1 aromatic heterocycles. The van der Waals surface area contributed by atoms with E-state index < -0.39 is 0 Å². The summed E-state index contributed by atoms with van der Waals surface area (Å²) in [6, 6.07) is -0.0525. The molecule has 6 nitrogen and oxygen atoms in total. The average molecular weight is 207 g/mol. The van der Waals surface area contributed by atoms with Crippen molar-refractivity contribution < 1.29 is 4.79 Å². The highest BCUT2D eigenvalue weighted by atomic mass is 16.2. The Morgan fingerprint density at radius 1 is 1.47 bits per heavy atom. The number of carbonyl (C=O) groups is 1. The predicted molar refractivity (Wildman–Crippen MR) is 56.8 cm³/mol. The SMILES string of the molecule is CNc1ncc2c(n1)N(C)C(=O)N(C)C2. The van der Waals surface area contributed by atoms with Gasteiger partial charge in [-0.1, -0.05) is 0 Å². The Bertz CT molecular complexity index is 405. The molecule has 2 heterocycles. The van der Waals surface area contributed by atoms with Crippen LogP contribution in [-0.4, -0.2) is 42.0 Å². The van der Waals surface area contributed by atoms with E-state index in [1.54, 1.807) is 32.2 Å². The van der Waals surface area contributed by atoms with Crippen LogP contribution >= 0.6 is 0 Å². The summed E-state index contributed by atoms with van der Waals surface area (Å²) in [7, 11) is 5.22. The third-order valence-electron chi connectivity index (χ3n) is 2.40. The highest BCUT2D eigenvalue weighted by Crippen LogP contribution is 2.24. The van der Waals surface area contributed by atoms with E-state index in [4.69, 9.17) is 0 Å². The fourth-order valence-electron chi connectivity index (χ4n) is 1.59. The van der Waals surface area contributed by atoms with E-state index in [2.05, 4.69) is 15.3 Å². The minimum absolute atomic E-state index is 0.0525. The molecule has 0 unspecified atom stereocenters. The van der Waals surface area contributed by atoms with Gasteiger partial charge in [0.25, 0.3) is 0 Å². The van der Waals surface area contributed by atoms with Gasteiger partial charge in [0, 0.05) is 32.9 Å². The molecule has 0 saturated heterocycles. The molecule has 0 saturated carbocycles. The third kappa shape index (κ3) is 1.47.